The molecule has 0 unspecified atom stereocenters. The van der Waals surface area contributed by atoms with Gasteiger partial charge in [0, 0.05) is 13.1 Å². The van der Waals surface area contributed by atoms with Crippen molar-refractivity contribution in [2.45, 2.75) is 52.1 Å². The summed E-state index contributed by atoms with van der Waals surface area (Å²) in [6.45, 7) is 6.33. The molecule has 8 heteroatoms. The van der Waals surface area contributed by atoms with E-state index >= 15 is 0 Å². The number of alkyl halides is 2. The second kappa shape index (κ2) is 7.23. The monoisotopic (exact) mass is 337 g/mol. The molecule has 0 atom stereocenters. The number of carbonyl (C=O) groups is 2. The van der Waals surface area contributed by atoms with Crippen LogP contribution in [0.15, 0.2) is 11.4 Å². The number of amides is 1. The summed E-state index contributed by atoms with van der Waals surface area (Å²) in [5.41, 5.74) is -0.849. The Balaban J connectivity index is 2.74. The summed E-state index contributed by atoms with van der Waals surface area (Å²) >= 11 is 0. The lowest BCUT2D eigenvalue weighted by atomic mass is 10.0. The zero-order chi connectivity index (χ0) is 17.8. The van der Waals surface area contributed by atoms with Crippen LogP contribution in [-0.4, -0.2) is 48.2 Å². The molecule has 0 spiro atoms. The molecule has 0 saturated carbocycles. The average Bonchev–Trinajstić information content (AvgIpc) is 2.45. The van der Waals surface area contributed by atoms with Gasteiger partial charge >= 0.3 is 18.0 Å². The molecule has 0 aliphatic carbocycles. The van der Waals surface area contributed by atoms with Crippen molar-refractivity contribution in [1.82, 2.24) is 4.90 Å². The summed E-state index contributed by atoms with van der Waals surface area (Å²) in [5, 5.41) is 0. The molecule has 1 heterocycles. The maximum Gasteiger partial charge on any atom is 0.410 e. The quantitative estimate of drug-likeness (QED) is 0.740. The summed E-state index contributed by atoms with van der Waals surface area (Å²) in [7, 11) is 0. The lowest BCUT2D eigenvalue weighted by molar-refractivity contribution is -0.168. The number of likely N-dealkylation sites (tertiary alicyclic amines) is 1. The molecule has 0 N–H and O–H groups in total. The molecule has 1 rings (SSSR count). The molecular formula is C15H22F3NO4. The van der Waals surface area contributed by atoms with E-state index < -0.39 is 29.4 Å². The second-order valence-corrected chi connectivity index (χ2v) is 6.18. The van der Waals surface area contributed by atoms with Crippen molar-refractivity contribution in [1.29, 1.82) is 0 Å². The average molecular weight is 337 g/mol. The zero-order valence-corrected chi connectivity index (χ0v) is 13.7. The number of halogens is 3. The van der Waals surface area contributed by atoms with Gasteiger partial charge in [0.1, 0.15) is 5.60 Å². The highest BCUT2D eigenvalue weighted by Gasteiger charge is 2.47. The molecule has 1 saturated heterocycles. The van der Waals surface area contributed by atoms with Gasteiger partial charge in [-0.2, -0.15) is 8.78 Å². The van der Waals surface area contributed by atoms with E-state index in [1.54, 1.807) is 20.8 Å². The van der Waals surface area contributed by atoms with E-state index in [-0.39, 0.29) is 38.1 Å². The van der Waals surface area contributed by atoms with Crippen LogP contribution in [0.5, 0.6) is 0 Å². The predicted octanol–water partition coefficient (Wildman–Crippen LogP) is 3.44. The number of rotatable bonds is 3. The normalized spacial score (nSPS) is 16.1. The van der Waals surface area contributed by atoms with Crippen LogP contribution in [0.25, 0.3) is 0 Å². The molecule has 1 fully saturated rings. The Labute approximate surface area is 133 Å². The molecule has 132 valence electrons. The lowest BCUT2D eigenvalue weighted by Crippen LogP contribution is -2.41. The molecule has 23 heavy (non-hydrogen) atoms. The largest absolute Gasteiger partial charge is 0.461 e. The van der Waals surface area contributed by atoms with E-state index in [1.165, 1.54) is 11.8 Å². The smallest absolute Gasteiger partial charge is 0.410 e. The minimum Gasteiger partial charge on any atom is -0.461 e. The number of ether oxygens (including phenoxy) is 2. The molecule has 5 nitrogen and oxygen atoms in total. The summed E-state index contributed by atoms with van der Waals surface area (Å²) in [6.07, 6.45) is -0.741. The fraction of sp³-hybridized carbons (Fsp3) is 0.733. The molecule has 0 radical (unpaired) electrons. The highest BCUT2D eigenvalue weighted by Crippen LogP contribution is 2.33. The predicted molar refractivity (Wildman–Crippen MR) is 76.8 cm³/mol. The number of nitrogens with zero attached hydrogens (tertiary/aromatic N) is 1. The van der Waals surface area contributed by atoms with Crippen LogP contribution >= 0.6 is 0 Å². The van der Waals surface area contributed by atoms with E-state index in [1.807, 2.05) is 0 Å². The Morgan fingerprint density at radius 3 is 2.13 bits per heavy atom. The molecule has 1 amide bonds. The number of piperidine rings is 1. The highest BCUT2D eigenvalue weighted by atomic mass is 19.3. The Morgan fingerprint density at radius 2 is 1.70 bits per heavy atom. The van der Waals surface area contributed by atoms with Gasteiger partial charge in [-0.05, 0) is 46.1 Å². The topological polar surface area (TPSA) is 55.8 Å². The first-order valence-corrected chi connectivity index (χ1v) is 7.40. The van der Waals surface area contributed by atoms with Crippen LogP contribution in [0, 0.1) is 0 Å². The van der Waals surface area contributed by atoms with Gasteiger partial charge in [0.05, 0.1) is 6.61 Å². The Morgan fingerprint density at radius 1 is 1.17 bits per heavy atom. The van der Waals surface area contributed by atoms with Crippen LogP contribution in [0.3, 0.4) is 0 Å². The fourth-order valence-electron chi connectivity index (χ4n) is 2.04. The maximum atomic E-state index is 13.9. The van der Waals surface area contributed by atoms with Crippen molar-refractivity contribution in [3.63, 3.8) is 0 Å². The molecule has 1 aliphatic heterocycles. The van der Waals surface area contributed by atoms with Crippen LogP contribution in [0.1, 0.15) is 40.5 Å². The van der Waals surface area contributed by atoms with E-state index in [2.05, 4.69) is 4.74 Å². The van der Waals surface area contributed by atoms with E-state index in [4.69, 9.17) is 4.74 Å². The molecule has 0 aromatic rings. The Hall–Kier alpha value is -1.73. The number of carbonyl (C=O) groups excluding carboxylic acids is 2. The number of hydrogen-bond donors (Lipinski definition) is 0. The van der Waals surface area contributed by atoms with Crippen molar-refractivity contribution in [3.05, 3.63) is 11.4 Å². The second-order valence-electron chi connectivity index (χ2n) is 6.18. The van der Waals surface area contributed by atoms with Gasteiger partial charge in [-0.1, -0.05) is 0 Å². The van der Waals surface area contributed by atoms with E-state index in [0.29, 0.717) is 0 Å². The van der Waals surface area contributed by atoms with Gasteiger partial charge in [-0.3, -0.25) is 0 Å². The van der Waals surface area contributed by atoms with E-state index in [9.17, 15) is 22.8 Å². The first kappa shape index (κ1) is 19.3. The van der Waals surface area contributed by atoms with Crippen LogP contribution in [0.2, 0.25) is 0 Å². The van der Waals surface area contributed by atoms with Crippen LogP contribution in [0.4, 0.5) is 18.0 Å². The molecule has 0 aromatic heterocycles. The van der Waals surface area contributed by atoms with Gasteiger partial charge in [-0.15, -0.1) is 0 Å². The zero-order valence-electron chi connectivity index (χ0n) is 13.7. The minimum absolute atomic E-state index is 0.0522. The molecule has 0 aromatic carbocycles. The number of esters is 1. The SMILES string of the molecule is CCOC(=O)C(F)(F)C(F)=C1CCN(C(=O)OC(C)(C)C)CC1. The third kappa shape index (κ3) is 5.14. The molecule has 0 bridgehead atoms. The third-order valence-electron chi connectivity index (χ3n) is 3.14. The summed E-state index contributed by atoms with van der Waals surface area (Å²) in [5.74, 6) is -7.97. The van der Waals surface area contributed by atoms with Crippen LogP contribution in [-0.2, 0) is 14.3 Å². The van der Waals surface area contributed by atoms with Gasteiger partial charge < -0.3 is 14.4 Å². The van der Waals surface area contributed by atoms with E-state index in [0.717, 1.165) is 0 Å². The number of hydrogen-bond acceptors (Lipinski definition) is 4. The Kier molecular flexibility index (Phi) is 6.07. The highest BCUT2D eigenvalue weighted by molar-refractivity contribution is 5.81. The first-order valence-electron chi connectivity index (χ1n) is 7.40. The van der Waals surface area contributed by atoms with Crippen molar-refractivity contribution in [2.75, 3.05) is 19.7 Å². The standard InChI is InChI=1S/C15H22F3NO4/c1-5-22-12(20)15(17,18)11(16)10-6-8-19(9-7-10)13(21)23-14(2,3)4/h5-9H2,1-4H3. The first-order chi connectivity index (χ1) is 10.5. The molecule has 1 aliphatic rings. The summed E-state index contributed by atoms with van der Waals surface area (Å²) < 4.78 is 50.6. The van der Waals surface area contributed by atoms with Crippen molar-refractivity contribution >= 4 is 12.1 Å². The Bertz CT molecular complexity index is 487. The fourth-order valence-corrected chi connectivity index (χ4v) is 2.04. The van der Waals surface area contributed by atoms with Crippen LogP contribution < -0.4 is 0 Å². The van der Waals surface area contributed by atoms with Gasteiger partial charge in [-0.25, -0.2) is 14.0 Å². The van der Waals surface area contributed by atoms with Gasteiger partial charge in [0.15, 0.2) is 5.83 Å². The molecular weight excluding hydrogens is 315 g/mol. The third-order valence-corrected chi connectivity index (χ3v) is 3.14. The van der Waals surface area contributed by atoms with Gasteiger partial charge in [0.25, 0.3) is 0 Å². The van der Waals surface area contributed by atoms with Crippen molar-refractivity contribution in [3.8, 4) is 0 Å². The van der Waals surface area contributed by atoms with Crippen molar-refractivity contribution < 1.29 is 32.2 Å². The lowest BCUT2D eigenvalue weighted by Gasteiger charge is -2.31. The van der Waals surface area contributed by atoms with Gasteiger partial charge in [0.2, 0.25) is 0 Å². The van der Waals surface area contributed by atoms with Crippen molar-refractivity contribution in [2.24, 2.45) is 0 Å². The maximum absolute atomic E-state index is 13.9. The minimum atomic E-state index is -4.29. The summed E-state index contributed by atoms with van der Waals surface area (Å²) in [6, 6.07) is 0. The summed E-state index contributed by atoms with van der Waals surface area (Å²) in [4.78, 5) is 24.3.